The number of aromatic nitrogens is 2. The molecule has 6 nitrogen and oxygen atoms in total. The third-order valence-corrected chi connectivity index (χ3v) is 4.21. The Balaban J connectivity index is 1.47. The predicted octanol–water partition coefficient (Wildman–Crippen LogP) is 2.43. The lowest BCUT2D eigenvalue weighted by Gasteiger charge is -2.13. The first-order chi connectivity index (χ1) is 12.6. The number of H-pyrrole nitrogens is 1. The molecular formula is C20H22N4O2. The van der Waals surface area contributed by atoms with E-state index in [0.717, 1.165) is 23.7 Å². The minimum absolute atomic E-state index is 0.203. The van der Waals surface area contributed by atoms with Gasteiger partial charge < -0.3 is 10.6 Å². The van der Waals surface area contributed by atoms with Gasteiger partial charge >= 0.3 is 0 Å². The average Bonchev–Trinajstić information content (AvgIpc) is 3.10. The van der Waals surface area contributed by atoms with Crippen molar-refractivity contribution in [1.82, 2.24) is 20.8 Å². The van der Waals surface area contributed by atoms with Gasteiger partial charge in [0.25, 0.3) is 5.91 Å². The molecule has 1 unspecified atom stereocenters. The second-order valence-electron chi connectivity index (χ2n) is 6.19. The third-order valence-electron chi connectivity index (χ3n) is 4.21. The summed E-state index contributed by atoms with van der Waals surface area (Å²) in [5, 5.41) is 13.2. The minimum Gasteiger partial charge on any atom is -0.354 e. The number of carbonyl (C=O) groups excluding carboxylic acids is 2. The molecule has 0 aliphatic rings. The van der Waals surface area contributed by atoms with Crippen LogP contribution in [0.4, 0.5) is 0 Å². The smallest absolute Gasteiger partial charge is 0.273 e. The number of nitrogens with zero attached hydrogens (tertiary/aromatic N) is 1. The zero-order chi connectivity index (χ0) is 18.4. The Kier molecular flexibility index (Phi) is 5.63. The van der Waals surface area contributed by atoms with E-state index in [1.54, 1.807) is 6.92 Å². The number of para-hydroxylation sites is 1. The summed E-state index contributed by atoms with van der Waals surface area (Å²) in [6.07, 6.45) is 1.75. The number of benzene rings is 2. The Labute approximate surface area is 152 Å². The highest BCUT2D eigenvalue weighted by Crippen LogP contribution is 2.14. The van der Waals surface area contributed by atoms with Crippen LogP contribution in [0, 0.1) is 0 Å². The van der Waals surface area contributed by atoms with Gasteiger partial charge in [0.05, 0.1) is 5.52 Å². The molecule has 26 heavy (non-hydrogen) atoms. The van der Waals surface area contributed by atoms with Gasteiger partial charge in [0.2, 0.25) is 5.91 Å². The summed E-state index contributed by atoms with van der Waals surface area (Å²) < 4.78 is 0. The molecule has 2 amide bonds. The summed E-state index contributed by atoms with van der Waals surface area (Å²) in [5.41, 5.74) is 2.33. The molecule has 2 aromatic carbocycles. The van der Waals surface area contributed by atoms with Crippen molar-refractivity contribution in [3.63, 3.8) is 0 Å². The lowest BCUT2D eigenvalue weighted by Crippen LogP contribution is -2.45. The SMILES string of the molecule is CC(NC(=O)c1n[nH]c2ccccc12)C(=O)NCCCc1ccccc1. The number of aromatic amines is 1. The summed E-state index contributed by atoms with van der Waals surface area (Å²) in [6.45, 7) is 2.23. The molecule has 0 bridgehead atoms. The van der Waals surface area contributed by atoms with Crippen LogP contribution >= 0.6 is 0 Å². The number of nitrogens with one attached hydrogen (secondary N) is 3. The topological polar surface area (TPSA) is 86.9 Å². The number of rotatable bonds is 7. The van der Waals surface area contributed by atoms with Crippen LogP contribution in [0.5, 0.6) is 0 Å². The quantitative estimate of drug-likeness (QED) is 0.572. The standard InChI is InChI=1S/C20H22N4O2/c1-14(19(25)21-13-7-10-15-8-3-2-4-9-15)22-20(26)18-16-11-5-6-12-17(16)23-24-18/h2-6,8-9,11-12,14H,7,10,13H2,1H3,(H,21,25)(H,22,26)(H,23,24). The van der Waals surface area contributed by atoms with Gasteiger partial charge in [0.15, 0.2) is 5.69 Å². The minimum atomic E-state index is -0.630. The van der Waals surface area contributed by atoms with Crippen molar-refractivity contribution in [3.05, 3.63) is 65.9 Å². The summed E-state index contributed by atoms with van der Waals surface area (Å²) in [6, 6.07) is 16.9. The molecule has 1 aromatic heterocycles. The zero-order valence-corrected chi connectivity index (χ0v) is 14.7. The number of hydrogen-bond donors (Lipinski definition) is 3. The Hall–Kier alpha value is -3.15. The largest absolute Gasteiger partial charge is 0.354 e. The molecule has 6 heteroatoms. The van der Waals surface area contributed by atoms with E-state index in [-0.39, 0.29) is 11.8 Å². The third kappa shape index (κ3) is 4.27. The fraction of sp³-hybridized carbons (Fsp3) is 0.250. The summed E-state index contributed by atoms with van der Waals surface area (Å²) >= 11 is 0. The van der Waals surface area contributed by atoms with Crippen molar-refractivity contribution in [2.24, 2.45) is 0 Å². The van der Waals surface area contributed by atoms with Gasteiger partial charge in [-0.2, -0.15) is 5.10 Å². The van der Waals surface area contributed by atoms with Crippen LogP contribution in [-0.2, 0) is 11.2 Å². The number of aryl methyl sites for hydroxylation is 1. The monoisotopic (exact) mass is 350 g/mol. The number of amides is 2. The van der Waals surface area contributed by atoms with Crippen LogP contribution in [0.1, 0.15) is 29.4 Å². The molecule has 0 fully saturated rings. The fourth-order valence-corrected chi connectivity index (χ4v) is 2.77. The lowest BCUT2D eigenvalue weighted by atomic mass is 10.1. The average molecular weight is 350 g/mol. The van der Waals surface area contributed by atoms with Crippen molar-refractivity contribution < 1.29 is 9.59 Å². The number of fused-ring (bicyclic) bond motifs is 1. The van der Waals surface area contributed by atoms with Gasteiger partial charge in [0.1, 0.15) is 6.04 Å². The van der Waals surface area contributed by atoms with Crippen molar-refractivity contribution >= 4 is 22.7 Å². The highest BCUT2D eigenvalue weighted by atomic mass is 16.2. The normalized spacial score (nSPS) is 11.9. The van der Waals surface area contributed by atoms with E-state index >= 15 is 0 Å². The first kappa shape index (κ1) is 17.7. The van der Waals surface area contributed by atoms with Gasteiger partial charge in [-0.25, -0.2) is 0 Å². The van der Waals surface area contributed by atoms with Crippen molar-refractivity contribution in [1.29, 1.82) is 0 Å². The van der Waals surface area contributed by atoms with Gasteiger partial charge in [-0.15, -0.1) is 0 Å². The molecule has 0 aliphatic heterocycles. The summed E-state index contributed by atoms with van der Waals surface area (Å²) in [4.78, 5) is 24.5. The van der Waals surface area contributed by atoms with E-state index in [0.29, 0.717) is 12.2 Å². The van der Waals surface area contributed by atoms with Gasteiger partial charge in [0, 0.05) is 11.9 Å². The van der Waals surface area contributed by atoms with Gasteiger partial charge in [-0.3, -0.25) is 14.7 Å². The van der Waals surface area contributed by atoms with E-state index in [1.165, 1.54) is 5.56 Å². The van der Waals surface area contributed by atoms with E-state index in [9.17, 15) is 9.59 Å². The van der Waals surface area contributed by atoms with Crippen LogP contribution in [0.15, 0.2) is 54.6 Å². The van der Waals surface area contributed by atoms with E-state index in [2.05, 4.69) is 33.0 Å². The first-order valence-corrected chi connectivity index (χ1v) is 8.71. The molecule has 0 saturated heterocycles. The van der Waals surface area contributed by atoms with Crippen molar-refractivity contribution in [2.45, 2.75) is 25.8 Å². The molecule has 0 saturated carbocycles. The second kappa shape index (κ2) is 8.29. The summed E-state index contributed by atoms with van der Waals surface area (Å²) in [5.74, 6) is -0.569. The number of carbonyl (C=O) groups is 2. The predicted molar refractivity (Wildman–Crippen MR) is 101 cm³/mol. The van der Waals surface area contributed by atoms with Gasteiger partial charge in [-0.05, 0) is 31.4 Å². The second-order valence-corrected chi connectivity index (χ2v) is 6.19. The van der Waals surface area contributed by atoms with Crippen molar-refractivity contribution in [3.8, 4) is 0 Å². The molecule has 3 rings (SSSR count). The molecule has 1 heterocycles. The Morgan fingerprint density at radius 1 is 1.08 bits per heavy atom. The molecular weight excluding hydrogens is 328 g/mol. The first-order valence-electron chi connectivity index (χ1n) is 8.71. The van der Waals surface area contributed by atoms with E-state index in [1.807, 2.05) is 42.5 Å². The van der Waals surface area contributed by atoms with E-state index < -0.39 is 6.04 Å². The molecule has 0 radical (unpaired) electrons. The van der Waals surface area contributed by atoms with Gasteiger partial charge in [-0.1, -0.05) is 48.5 Å². The number of hydrogen-bond acceptors (Lipinski definition) is 3. The molecule has 3 N–H and O–H groups in total. The van der Waals surface area contributed by atoms with Crippen LogP contribution in [0.2, 0.25) is 0 Å². The Morgan fingerprint density at radius 3 is 2.62 bits per heavy atom. The van der Waals surface area contributed by atoms with Crippen LogP contribution in [0.3, 0.4) is 0 Å². The zero-order valence-electron chi connectivity index (χ0n) is 14.7. The van der Waals surface area contributed by atoms with E-state index in [4.69, 9.17) is 0 Å². The molecule has 1 atom stereocenters. The molecule has 0 aliphatic carbocycles. The highest BCUT2D eigenvalue weighted by molar-refractivity contribution is 6.05. The molecule has 0 spiro atoms. The van der Waals surface area contributed by atoms with Crippen LogP contribution < -0.4 is 10.6 Å². The maximum absolute atomic E-state index is 12.4. The fourth-order valence-electron chi connectivity index (χ4n) is 2.77. The molecule has 134 valence electrons. The maximum atomic E-state index is 12.4. The lowest BCUT2D eigenvalue weighted by molar-refractivity contribution is -0.122. The summed E-state index contributed by atoms with van der Waals surface area (Å²) in [7, 11) is 0. The van der Waals surface area contributed by atoms with Crippen molar-refractivity contribution in [2.75, 3.05) is 6.54 Å². The Bertz CT molecular complexity index is 889. The van der Waals surface area contributed by atoms with Crippen LogP contribution in [0.25, 0.3) is 10.9 Å². The molecule has 3 aromatic rings. The van der Waals surface area contributed by atoms with Crippen LogP contribution in [-0.4, -0.2) is 34.6 Å². The maximum Gasteiger partial charge on any atom is 0.273 e. The Morgan fingerprint density at radius 2 is 1.81 bits per heavy atom. The highest BCUT2D eigenvalue weighted by Gasteiger charge is 2.19.